The van der Waals surface area contributed by atoms with Gasteiger partial charge in [0.15, 0.2) is 0 Å². The van der Waals surface area contributed by atoms with Crippen LogP contribution >= 0.6 is 0 Å². The van der Waals surface area contributed by atoms with Gasteiger partial charge in [-0.15, -0.1) is 0 Å². The van der Waals surface area contributed by atoms with E-state index in [-0.39, 0.29) is 5.91 Å². The smallest absolute Gasteiger partial charge is 0.253 e. The van der Waals surface area contributed by atoms with E-state index in [4.69, 9.17) is 4.74 Å². The van der Waals surface area contributed by atoms with Gasteiger partial charge < -0.3 is 9.72 Å². The topological polar surface area (TPSA) is 67.0 Å². The molecule has 1 heterocycles. The van der Waals surface area contributed by atoms with Gasteiger partial charge in [-0.25, -0.2) is 4.98 Å². The van der Waals surface area contributed by atoms with Crippen molar-refractivity contribution in [3.8, 4) is 5.75 Å². The Morgan fingerprint density at radius 3 is 2.81 bits per heavy atom. The van der Waals surface area contributed by atoms with Gasteiger partial charge in [-0.05, 0) is 44.7 Å². The molecule has 1 amide bonds. The van der Waals surface area contributed by atoms with Crippen LogP contribution in [0, 0.1) is 0 Å². The zero-order valence-electron chi connectivity index (χ0n) is 12.3. The summed E-state index contributed by atoms with van der Waals surface area (Å²) in [5.41, 5.74) is 3.74. The maximum Gasteiger partial charge on any atom is 0.253 e. The molecule has 0 unspecified atom stereocenters. The van der Waals surface area contributed by atoms with Crippen LogP contribution in [0.5, 0.6) is 5.75 Å². The second-order valence-corrected chi connectivity index (χ2v) is 5.36. The standard InChI is InChI=1S/C16H19N3O2/c1-10(11-5-3-4-6-11)15(20)19-16-17-13-8-7-12(21-2)9-14(13)18-16/h7-9H,3-6H2,1-2H3,(H2,17,18,19,20). The summed E-state index contributed by atoms with van der Waals surface area (Å²) in [5.74, 6) is 1.16. The number of aromatic nitrogens is 2. The Morgan fingerprint density at radius 1 is 1.33 bits per heavy atom. The first-order chi connectivity index (χ1) is 10.2. The Balaban J connectivity index is 1.81. The molecule has 110 valence electrons. The van der Waals surface area contributed by atoms with Crippen LogP contribution in [0.1, 0.15) is 32.6 Å². The summed E-state index contributed by atoms with van der Waals surface area (Å²) < 4.78 is 5.18. The normalized spacial score (nSPS) is 14.5. The number of nitrogens with one attached hydrogen (secondary N) is 2. The predicted octanol–water partition coefficient (Wildman–Crippen LogP) is 3.40. The fourth-order valence-corrected chi connectivity index (χ4v) is 2.71. The first-order valence-electron chi connectivity index (χ1n) is 7.21. The number of ether oxygens (including phenoxy) is 1. The van der Waals surface area contributed by atoms with Crippen LogP contribution in [0.3, 0.4) is 0 Å². The van der Waals surface area contributed by atoms with E-state index in [1.54, 1.807) is 7.11 Å². The van der Waals surface area contributed by atoms with Gasteiger partial charge in [-0.2, -0.15) is 0 Å². The molecule has 0 atom stereocenters. The van der Waals surface area contributed by atoms with Crippen LogP contribution < -0.4 is 10.1 Å². The highest BCUT2D eigenvalue weighted by Gasteiger charge is 2.16. The number of methoxy groups -OCH3 is 1. The third-order valence-electron chi connectivity index (χ3n) is 4.00. The number of benzene rings is 1. The van der Waals surface area contributed by atoms with Crippen molar-refractivity contribution in [2.45, 2.75) is 32.6 Å². The molecular formula is C16H19N3O2. The lowest BCUT2D eigenvalue weighted by atomic mass is 10.1. The summed E-state index contributed by atoms with van der Waals surface area (Å²) in [5, 5.41) is 2.84. The van der Waals surface area contributed by atoms with Crippen LogP contribution in [-0.2, 0) is 4.79 Å². The first kappa shape index (κ1) is 13.7. The van der Waals surface area contributed by atoms with Crippen molar-refractivity contribution in [1.82, 2.24) is 9.97 Å². The molecule has 5 heteroatoms. The summed E-state index contributed by atoms with van der Waals surface area (Å²) in [6.07, 6.45) is 4.45. The van der Waals surface area contributed by atoms with Crippen molar-refractivity contribution in [1.29, 1.82) is 0 Å². The minimum Gasteiger partial charge on any atom is -0.497 e. The van der Waals surface area contributed by atoms with Crippen LogP contribution in [0.4, 0.5) is 5.95 Å². The van der Waals surface area contributed by atoms with Crippen LogP contribution in [-0.4, -0.2) is 23.0 Å². The van der Waals surface area contributed by atoms with Crippen LogP contribution in [0.25, 0.3) is 11.0 Å². The zero-order valence-corrected chi connectivity index (χ0v) is 12.3. The fourth-order valence-electron chi connectivity index (χ4n) is 2.71. The minimum atomic E-state index is -0.0714. The highest BCUT2D eigenvalue weighted by molar-refractivity contribution is 6.03. The third-order valence-corrected chi connectivity index (χ3v) is 4.00. The lowest BCUT2D eigenvalue weighted by molar-refractivity contribution is -0.112. The summed E-state index contributed by atoms with van der Waals surface area (Å²) in [6, 6.07) is 5.57. The maximum absolute atomic E-state index is 12.2. The highest BCUT2D eigenvalue weighted by Crippen LogP contribution is 2.27. The van der Waals surface area contributed by atoms with Gasteiger partial charge in [0.05, 0.1) is 18.1 Å². The summed E-state index contributed by atoms with van der Waals surface area (Å²) in [7, 11) is 1.62. The summed E-state index contributed by atoms with van der Waals surface area (Å²) in [4.78, 5) is 19.7. The number of carbonyl (C=O) groups is 1. The molecule has 1 aromatic heterocycles. The first-order valence-corrected chi connectivity index (χ1v) is 7.21. The van der Waals surface area contributed by atoms with E-state index >= 15 is 0 Å². The largest absolute Gasteiger partial charge is 0.497 e. The van der Waals surface area contributed by atoms with Gasteiger partial charge in [-0.3, -0.25) is 10.1 Å². The molecule has 2 aromatic rings. The van der Waals surface area contributed by atoms with E-state index in [0.717, 1.165) is 35.2 Å². The van der Waals surface area contributed by atoms with E-state index in [2.05, 4.69) is 15.3 Å². The molecule has 0 spiro atoms. The van der Waals surface area contributed by atoms with Crippen molar-refractivity contribution >= 4 is 22.9 Å². The van der Waals surface area contributed by atoms with Gasteiger partial charge in [0.25, 0.3) is 5.91 Å². The van der Waals surface area contributed by atoms with E-state index in [0.29, 0.717) is 5.95 Å². The molecule has 1 saturated carbocycles. The predicted molar refractivity (Wildman–Crippen MR) is 82.4 cm³/mol. The van der Waals surface area contributed by atoms with Gasteiger partial charge in [0.2, 0.25) is 5.95 Å². The highest BCUT2D eigenvalue weighted by atomic mass is 16.5. The molecule has 0 radical (unpaired) electrons. The van der Waals surface area contributed by atoms with E-state index < -0.39 is 0 Å². The second-order valence-electron chi connectivity index (χ2n) is 5.36. The van der Waals surface area contributed by atoms with Crippen molar-refractivity contribution < 1.29 is 9.53 Å². The molecule has 3 rings (SSSR count). The van der Waals surface area contributed by atoms with Crippen molar-refractivity contribution in [3.05, 3.63) is 29.3 Å². The monoisotopic (exact) mass is 285 g/mol. The SMILES string of the molecule is COc1ccc2nc(NC(=O)C(C)=C3CCCC3)[nH]c2c1. The maximum atomic E-state index is 12.2. The molecule has 0 aliphatic heterocycles. The van der Waals surface area contributed by atoms with Crippen LogP contribution in [0.2, 0.25) is 0 Å². The zero-order chi connectivity index (χ0) is 14.8. The van der Waals surface area contributed by atoms with Crippen LogP contribution in [0.15, 0.2) is 29.3 Å². The number of amides is 1. The molecular weight excluding hydrogens is 266 g/mol. The number of carbonyl (C=O) groups excluding carboxylic acids is 1. The van der Waals surface area contributed by atoms with E-state index in [1.807, 2.05) is 25.1 Å². The average molecular weight is 285 g/mol. The Labute approximate surface area is 123 Å². The number of anilines is 1. The summed E-state index contributed by atoms with van der Waals surface area (Å²) >= 11 is 0. The molecule has 1 aliphatic carbocycles. The Hall–Kier alpha value is -2.30. The van der Waals surface area contributed by atoms with Gasteiger partial charge >= 0.3 is 0 Å². The number of fused-ring (bicyclic) bond motifs is 1. The molecule has 21 heavy (non-hydrogen) atoms. The van der Waals surface area contributed by atoms with Crippen molar-refractivity contribution in [2.24, 2.45) is 0 Å². The Bertz CT molecular complexity index is 707. The molecule has 1 fully saturated rings. The molecule has 1 aromatic carbocycles. The van der Waals surface area contributed by atoms with Gasteiger partial charge in [-0.1, -0.05) is 5.57 Å². The molecule has 0 bridgehead atoms. The number of nitrogens with zero attached hydrogens (tertiary/aromatic N) is 1. The molecule has 2 N–H and O–H groups in total. The van der Waals surface area contributed by atoms with Crippen molar-refractivity contribution in [3.63, 3.8) is 0 Å². The number of H-pyrrole nitrogens is 1. The molecule has 0 saturated heterocycles. The minimum absolute atomic E-state index is 0.0714. The van der Waals surface area contributed by atoms with E-state index in [1.165, 1.54) is 18.4 Å². The van der Waals surface area contributed by atoms with Crippen molar-refractivity contribution in [2.75, 3.05) is 12.4 Å². The number of aromatic amines is 1. The second kappa shape index (κ2) is 5.60. The number of allylic oxidation sites excluding steroid dienone is 1. The number of hydrogen-bond acceptors (Lipinski definition) is 3. The molecule has 1 aliphatic rings. The quantitative estimate of drug-likeness (QED) is 0.849. The Kier molecular flexibility index (Phi) is 3.64. The fraction of sp³-hybridized carbons (Fsp3) is 0.375. The summed E-state index contributed by atoms with van der Waals surface area (Å²) in [6.45, 7) is 1.89. The van der Waals surface area contributed by atoms with E-state index in [9.17, 15) is 4.79 Å². The average Bonchev–Trinajstić information content (AvgIpc) is 3.14. The lowest BCUT2D eigenvalue weighted by Gasteiger charge is -2.05. The third kappa shape index (κ3) is 2.77. The van der Waals surface area contributed by atoms with Gasteiger partial charge in [0, 0.05) is 11.6 Å². The number of rotatable bonds is 3. The Morgan fingerprint density at radius 2 is 2.10 bits per heavy atom. The number of imidazole rings is 1. The van der Waals surface area contributed by atoms with Gasteiger partial charge in [0.1, 0.15) is 5.75 Å². The lowest BCUT2D eigenvalue weighted by Crippen LogP contribution is -2.14. The number of hydrogen-bond donors (Lipinski definition) is 2. The molecule has 5 nitrogen and oxygen atoms in total.